The predicted molar refractivity (Wildman–Crippen MR) is 115 cm³/mol. The lowest BCUT2D eigenvalue weighted by Crippen LogP contribution is -2.50. The molecule has 2 aromatic rings. The van der Waals surface area contributed by atoms with Gasteiger partial charge in [-0.15, -0.1) is 0 Å². The summed E-state index contributed by atoms with van der Waals surface area (Å²) >= 11 is 6.14. The molecule has 0 atom stereocenters. The molecule has 0 bridgehead atoms. The second-order valence-electron chi connectivity index (χ2n) is 7.02. The molecule has 1 fully saturated rings. The normalized spacial score (nSPS) is 16.5. The highest BCUT2D eigenvalue weighted by atomic mass is 35.5. The Morgan fingerprint density at radius 1 is 1.12 bits per heavy atom. The second kappa shape index (κ2) is 8.77. The fourth-order valence-electron chi connectivity index (χ4n) is 3.47. The average Bonchev–Trinajstić information content (AvgIpc) is 3.27. The number of carbonyl (C=O) groups excluding carboxylic acids is 1. The average molecular weight is 480 g/mol. The van der Waals surface area contributed by atoms with Crippen molar-refractivity contribution in [3.63, 3.8) is 0 Å². The first kappa shape index (κ1) is 22.1. The van der Waals surface area contributed by atoms with Crippen molar-refractivity contribution in [3.05, 3.63) is 63.2 Å². The Balaban J connectivity index is 1.42. The molecule has 0 spiro atoms. The molecule has 0 aromatic heterocycles. The van der Waals surface area contributed by atoms with Crippen LogP contribution >= 0.6 is 11.6 Å². The van der Waals surface area contributed by atoms with Crippen LogP contribution in [-0.4, -0.2) is 61.4 Å². The van der Waals surface area contributed by atoms with Crippen LogP contribution in [0.4, 0.5) is 5.69 Å². The third kappa shape index (κ3) is 4.27. The zero-order chi connectivity index (χ0) is 22.9. The monoisotopic (exact) mass is 479 g/mol. The molecular weight excluding hydrogens is 462 g/mol. The van der Waals surface area contributed by atoms with Gasteiger partial charge in [0.1, 0.15) is 0 Å². The van der Waals surface area contributed by atoms with Crippen LogP contribution in [0.1, 0.15) is 5.56 Å². The SMILES string of the molecule is O=C(/C=C/c1cc(Cl)c2c(c1)OCO2)N1CCN(S(=O)(=O)c2ccccc2[N+](=O)[O-])CC1. The molecule has 2 aliphatic rings. The molecule has 1 amide bonds. The van der Waals surface area contributed by atoms with Crippen LogP contribution in [0, 0.1) is 10.1 Å². The van der Waals surface area contributed by atoms with Crippen molar-refractivity contribution in [2.45, 2.75) is 4.90 Å². The molecule has 12 heteroatoms. The molecular formula is C20H18ClN3O7S. The molecule has 0 unspecified atom stereocenters. The van der Waals surface area contributed by atoms with E-state index in [2.05, 4.69) is 0 Å². The summed E-state index contributed by atoms with van der Waals surface area (Å²) in [5.74, 6) is 0.672. The Morgan fingerprint density at radius 2 is 1.84 bits per heavy atom. The standard InChI is InChI=1S/C20H18ClN3O7S/c21-15-11-14(12-17-20(15)31-13-30-17)5-6-19(25)22-7-9-23(10-8-22)32(28,29)18-4-2-1-3-16(18)24(26)27/h1-6,11-12H,7-10,13H2/b6-5+. The third-order valence-corrected chi connectivity index (χ3v) is 7.32. The number of fused-ring (bicyclic) bond motifs is 1. The number of halogens is 1. The highest BCUT2D eigenvalue weighted by Gasteiger charge is 2.34. The van der Waals surface area contributed by atoms with Crippen LogP contribution in [0.3, 0.4) is 0 Å². The van der Waals surface area contributed by atoms with Gasteiger partial charge in [0, 0.05) is 38.3 Å². The maximum Gasteiger partial charge on any atom is 0.289 e. The van der Waals surface area contributed by atoms with Gasteiger partial charge in [0.15, 0.2) is 16.4 Å². The van der Waals surface area contributed by atoms with Gasteiger partial charge in [0.25, 0.3) is 5.69 Å². The number of benzene rings is 2. The van der Waals surface area contributed by atoms with E-state index in [4.69, 9.17) is 21.1 Å². The molecule has 2 heterocycles. The van der Waals surface area contributed by atoms with Crippen LogP contribution in [-0.2, 0) is 14.8 Å². The molecule has 2 aliphatic heterocycles. The number of carbonyl (C=O) groups is 1. The van der Waals surface area contributed by atoms with E-state index in [9.17, 15) is 23.3 Å². The summed E-state index contributed by atoms with van der Waals surface area (Å²) in [5, 5.41) is 11.6. The van der Waals surface area contributed by atoms with Crippen molar-refractivity contribution in [1.29, 1.82) is 0 Å². The van der Waals surface area contributed by atoms with Crippen LogP contribution in [0.5, 0.6) is 11.5 Å². The molecule has 0 saturated carbocycles. The Bertz CT molecular complexity index is 1210. The Hall–Kier alpha value is -3.15. The van der Waals surface area contributed by atoms with Crippen LogP contribution in [0.2, 0.25) is 5.02 Å². The highest BCUT2D eigenvalue weighted by molar-refractivity contribution is 7.89. The van der Waals surface area contributed by atoms with Gasteiger partial charge in [-0.2, -0.15) is 4.31 Å². The van der Waals surface area contributed by atoms with Gasteiger partial charge < -0.3 is 14.4 Å². The largest absolute Gasteiger partial charge is 0.454 e. The molecule has 168 valence electrons. The maximum atomic E-state index is 12.9. The topological polar surface area (TPSA) is 119 Å². The number of rotatable bonds is 5. The van der Waals surface area contributed by atoms with Crippen LogP contribution < -0.4 is 9.47 Å². The summed E-state index contributed by atoms with van der Waals surface area (Å²) in [5.41, 5.74) is 0.182. The number of hydrogen-bond acceptors (Lipinski definition) is 7. The Labute approximate surface area is 188 Å². The van der Waals surface area contributed by atoms with E-state index < -0.39 is 20.6 Å². The molecule has 0 aliphatic carbocycles. The summed E-state index contributed by atoms with van der Waals surface area (Å²) in [6, 6.07) is 8.57. The molecule has 1 saturated heterocycles. The molecule has 32 heavy (non-hydrogen) atoms. The maximum absolute atomic E-state index is 12.9. The van der Waals surface area contributed by atoms with E-state index in [-0.39, 0.29) is 43.8 Å². The summed E-state index contributed by atoms with van der Waals surface area (Å²) in [6.07, 6.45) is 2.96. The Kier molecular flexibility index (Phi) is 6.04. The van der Waals surface area contributed by atoms with Gasteiger partial charge in [0.2, 0.25) is 22.7 Å². The van der Waals surface area contributed by atoms with Crippen molar-refractivity contribution in [2.75, 3.05) is 33.0 Å². The lowest BCUT2D eigenvalue weighted by Gasteiger charge is -2.33. The zero-order valence-electron chi connectivity index (χ0n) is 16.6. The summed E-state index contributed by atoms with van der Waals surface area (Å²) in [4.78, 5) is 24.2. The van der Waals surface area contributed by atoms with Crippen molar-refractivity contribution < 1.29 is 27.6 Å². The van der Waals surface area contributed by atoms with E-state index >= 15 is 0 Å². The summed E-state index contributed by atoms with van der Waals surface area (Å²) in [6.45, 7) is 0.462. The van der Waals surface area contributed by atoms with E-state index in [1.807, 2.05) is 0 Å². The van der Waals surface area contributed by atoms with Gasteiger partial charge in [0.05, 0.1) is 9.95 Å². The predicted octanol–water partition coefficient (Wildman–Crippen LogP) is 2.52. The van der Waals surface area contributed by atoms with Crippen molar-refractivity contribution in [2.24, 2.45) is 0 Å². The molecule has 0 N–H and O–H groups in total. The van der Waals surface area contributed by atoms with Crippen molar-refractivity contribution >= 4 is 39.3 Å². The highest BCUT2D eigenvalue weighted by Crippen LogP contribution is 2.40. The second-order valence-corrected chi connectivity index (χ2v) is 9.34. The van der Waals surface area contributed by atoms with Gasteiger partial charge in [-0.25, -0.2) is 8.42 Å². The van der Waals surface area contributed by atoms with Crippen LogP contribution in [0.25, 0.3) is 6.08 Å². The van der Waals surface area contributed by atoms with Crippen molar-refractivity contribution in [3.8, 4) is 11.5 Å². The summed E-state index contributed by atoms with van der Waals surface area (Å²) < 4.78 is 37.5. The minimum absolute atomic E-state index is 0.0316. The van der Waals surface area contributed by atoms with Gasteiger partial charge in [-0.05, 0) is 29.8 Å². The lowest BCUT2D eigenvalue weighted by atomic mass is 10.2. The molecule has 0 radical (unpaired) electrons. The first-order valence-electron chi connectivity index (χ1n) is 9.57. The van der Waals surface area contributed by atoms with Gasteiger partial charge in [-0.3, -0.25) is 14.9 Å². The number of nitro groups is 1. The molecule has 4 rings (SSSR count). The number of nitrogens with zero attached hydrogens (tertiary/aromatic N) is 3. The quantitative estimate of drug-likeness (QED) is 0.367. The number of sulfonamides is 1. The number of hydrogen-bond donors (Lipinski definition) is 0. The van der Waals surface area contributed by atoms with Crippen LogP contribution in [0.15, 0.2) is 47.4 Å². The first-order valence-corrected chi connectivity index (χ1v) is 11.4. The molecule has 2 aromatic carbocycles. The van der Waals surface area contributed by atoms with Crippen molar-refractivity contribution in [1.82, 2.24) is 9.21 Å². The van der Waals surface area contributed by atoms with E-state index in [0.29, 0.717) is 22.1 Å². The fourth-order valence-corrected chi connectivity index (χ4v) is 5.32. The number of nitro benzene ring substituents is 1. The smallest absolute Gasteiger partial charge is 0.289 e. The summed E-state index contributed by atoms with van der Waals surface area (Å²) in [7, 11) is -4.06. The third-order valence-electron chi connectivity index (χ3n) is 5.10. The van der Waals surface area contributed by atoms with Gasteiger partial charge >= 0.3 is 0 Å². The number of ether oxygens (including phenoxy) is 2. The Morgan fingerprint density at radius 3 is 2.56 bits per heavy atom. The lowest BCUT2D eigenvalue weighted by molar-refractivity contribution is -0.387. The zero-order valence-corrected chi connectivity index (χ0v) is 18.2. The van der Waals surface area contributed by atoms with E-state index in [1.165, 1.54) is 29.2 Å². The minimum atomic E-state index is -4.06. The minimum Gasteiger partial charge on any atom is -0.454 e. The fraction of sp³-hybridized carbons (Fsp3) is 0.250. The number of piperazine rings is 1. The number of para-hydroxylation sites is 1. The molecule has 10 nitrogen and oxygen atoms in total. The first-order chi connectivity index (χ1) is 15.3. The van der Waals surface area contributed by atoms with E-state index in [0.717, 1.165) is 10.4 Å². The van der Waals surface area contributed by atoms with Gasteiger partial charge in [-0.1, -0.05) is 23.7 Å². The number of amides is 1. The van der Waals surface area contributed by atoms with E-state index in [1.54, 1.807) is 18.2 Å².